The zero-order valence-electron chi connectivity index (χ0n) is 12.1. The number of nitrogens with one attached hydrogen (secondary N) is 1. The summed E-state index contributed by atoms with van der Waals surface area (Å²) in [5, 5.41) is 3.15. The van der Waals surface area contributed by atoms with Crippen LogP contribution in [0.15, 0.2) is 0 Å². The van der Waals surface area contributed by atoms with Crippen molar-refractivity contribution in [1.29, 1.82) is 0 Å². The second kappa shape index (κ2) is 6.98. The Balaban J connectivity index is 3.08. The van der Waals surface area contributed by atoms with E-state index < -0.39 is 0 Å². The predicted molar refractivity (Wildman–Crippen MR) is 76.5 cm³/mol. The Morgan fingerprint density at radius 2 is 1.67 bits per heavy atom. The van der Waals surface area contributed by atoms with Gasteiger partial charge in [0.05, 0.1) is 0 Å². The van der Waals surface area contributed by atoms with Gasteiger partial charge in [-0.15, -0.1) is 0 Å². The van der Waals surface area contributed by atoms with Gasteiger partial charge in [-0.3, -0.25) is 0 Å². The molecule has 1 aromatic heterocycles. The number of anilines is 3. The summed E-state index contributed by atoms with van der Waals surface area (Å²) in [6.07, 6.45) is 1.08. The van der Waals surface area contributed by atoms with Gasteiger partial charge in [0.25, 0.3) is 0 Å². The molecule has 0 bridgehead atoms. The second-order valence-electron chi connectivity index (χ2n) is 4.26. The smallest absolute Gasteiger partial charge is 0.231 e. The molecule has 0 amide bonds. The van der Waals surface area contributed by atoms with Gasteiger partial charge < -0.3 is 15.1 Å². The lowest BCUT2D eigenvalue weighted by Gasteiger charge is -2.22. The van der Waals surface area contributed by atoms with Crippen LogP contribution in [0.2, 0.25) is 0 Å². The molecule has 0 aliphatic heterocycles. The lowest BCUT2D eigenvalue weighted by molar-refractivity contribution is 0.755. The summed E-state index contributed by atoms with van der Waals surface area (Å²) in [6, 6.07) is 0. The molecular formula is C12H24N6. The molecule has 0 saturated heterocycles. The highest BCUT2D eigenvalue weighted by molar-refractivity contribution is 5.44. The van der Waals surface area contributed by atoms with E-state index in [0.717, 1.165) is 32.0 Å². The van der Waals surface area contributed by atoms with E-state index in [0.29, 0.717) is 11.9 Å². The largest absolute Gasteiger partial charge is 0.354 e. The molecule has 0 fully saturated rings. The summed E-state index contributed by atoms with van der Waals surface area (Å²) in [5.74, 6) is 2.07. The van der Waals surface area contributed by atoms with Crippen molar-refractivity contribution in [3.8, 4) is 0 Å². The van der Waals surface area contributed by atoms with Crippen LogP contribution in [0.4, 0.5) is 17.8 Å². The monoisotopic (exact) mass is 252 g/mol. The lowest BCUT2D eigenvalue weighted by atomic mass is 10.4. The zero-order chi connectivity index (χ0) is 13.5. The van der Waals surface area contributed by atoms with Crippen molar-refractivity contribution in [2.24, 2.45) is 0 Å². The van der Waals surface area contributed by atoms with Gasteiger partial charge in [-0.05, 0) is 20.3 Å². The van der Waals surface area contributed by atoms with E-state index in [1.165, 1.54) is 0 Å². The first-order valence-corrected chi connectivity index (χ1v) is 6.54. The van der Waals surface area contributed by atoms with Crippen molar-refractivity contribution in [1.82, 2.24) is 15.0 Å². The first-order chi connectivity index (χ1) is 8.62. The van der Waals surface area contributed by atoms with Gasteiger partial charge >= 0.3 is 0 Å². The van der Waals surface area contributed by atoms with Crippen molar-refractivity contribution >= 4 is 17.8 Å². The lowest BCUT2D eigenvalue weighted by Crippen LogP contribution is -2.27. The van der Waals surface area contributed by atoms with Crippen LogP contribution in [0.25, 0.3) is 0 Å². The number of aromatic nitrogens is 3. The molecule has 18 heavy (non-hydrogen) atoms. The Kier molecular flexibility index (Phi) is 5.61. The van der Waals surface area contributed by atoms with Crippen molar-refractivity contribution < 1.29 is 0 Å². The number of hydrogen-bond acceptors (Lipinski definition) is 6. The Hall–Kier alpha value is -1.59. The van der Waals surface area contributed by atoms with Crippen LogP contribution in [-0.4, -0.2) is 48.7 Å². The van der Waals surface area contributed by atoms with Crippen LogP contribution in [0.1, 0.15) is 27.2 Å². The molecule has 0 aliphatic rings. The van der Waals surface area contributed by atoms with Gasteiger partial charge in [-0.25, -0.2) is 0 Å². The first kappa shape index (κ1) is 14.5. The molecule has 0 aliphatic carbocycles. The third-order valence-corrected chi connectivity index (χ3v) is 2.50. The summed E-state index contributed by atoms with van der Waals surface area (Å²) in [6.45, 7) is 8.96. The van der Waals surface area contributed by atoms with Gasteiger partial charge in [-0.1, -0.05) is 6.92 Å². The van der Waals surface area contributed by atoms with Crippen molar-refractivity contribution in [2.75, 3.05) is 48.8 Å². The molecule has 0 aromatic carbocycles. The van der Waals surface area contributed by atoms with E-state index >= 15 is 0 Å². The van der Waals surface area contributed by atoms with Gasteiger partial charge in [0.15, 0.2) is 0 Å². The molecule has 6 heteroatoms. The maximum atomic E-state index is 4.49. The highest BCUT2D eigenvalue weighted by atomic mass is 15.3. The fourth-order valence-corrected chi connectivity index (χ4v) is 1.60. The molecular weight excluding hydrogens is 228 g/mol. The minimum atomic E-state index is 0.640. The van der Waals surface area contributed by atoms with Crippen molar-refractivity contribution in [2.45, 2.75) is 27.2 Å². The Labute approximate surface area is 109 Å². The molecule has 1 heterocycles. The molecule has 1 rings (SSSR count). The van der Waals surface area contributed by atoms with E-state index in [1.54, 1.807) is 0 Å². The fraction of sp³-hybridized carbons (Fsp3) is 0.750. The van der Waals surface area contributed by atoms with Crippen LogP contribution in [0, 0.1) is 0 Å². The third kappa shape index (κ3) is 3.72. The molecule has 0 radical (unpaired) electrons. The first-order valence-electron chi connectivity index (χ1n) is 6.54. The fourth-order valence-electron chi connectivity index (χ4n) is 1.60. The molecule has 1 aromatic rings. The van der Waals surface area contributed by atoms with Crippen LogP contribution in [-0.2, 0) is 0 Å². The highest BCUT2D eigenvalue weighted by Gasteiger charge is 2.12. The van der Waals surface area contributed by atoms with Crippen LogP contribution in [0.5, 0.6) is 0 Å². The molecule has 0 saturated carbocycles. The van der Waals surface area contributed by atoms with Crippen molar-refractivity contribution in [3.63, 3.8) is 0 Å². The van der Waals surface area contributed by atoms with Crippen LogP contribution < -0.4 is 15.1 Å². The number of hydrogen-bond donors (Lipinski definition) is 1. The van der Waals surface area contributed by atoms with Gasteiger partial charge in [0, 0.05) is 33.7 Å². The average molecular weight is 252 g/mol. The summed E-state index contributed by atoms with van der Waals surface area (Å²) in [5.41, 5.74) is 0. The van der Waals surface area contributed by atoms with Gasteiger partial charge in [-0.2, -0.15) is 15.0 Å². The maximum absolute atomic E-state index is 4.49. The third-order valence-electron chi connectivity index (χ3n) is 2.50. The SMILES string of the molecule is CCCN(CC)c1nc(NCC)nc(N(C)C)n1. The molecule has 0 atom stereocenters. The summed E-state index contributed by atoms with van der Waals surface area (Å²) in [7, 11) is 3.87. The quantitative estimate of drug-likeness (QED) is 0.795. The van der Waals surface area contributed by atoms with Gasteiger partial charge in [0.1, 0.15) is 0 Å². The second-order valence-corrected chi connectivity index (χ2v) is 4.26. The van der Waals surface area contributed by atoms with Crippen molar-refractivity contribution in [3.05, 3.63) is 0 Å². The van der Waals surface area contributed by atoms with Crippen LogP contribution in [0.3, 0.4) is 0 Å². The van der Waals surface area contributed by atoms with E-state index in [9.17, 15) is 0 Å². The average Bonchev–Trinajstić information content (AvgIpc) is 2.35. The predicted octanol–water partition coefficient (Wildman–Crippen LogP) is 1.61. The highest BCUT2D eigenvalue weighted by Crippen LogP contribution is 2.15. The molecule has 102 valence electrons. The minimum absolute atomic E-state index is 0.640. The van der Waals surface area contributed by atoms with E-state index in [2.05, 4.69) is 39.0 Å². The standard InChI is InChI=1S/C12H24N6/c1-6-9-18(8-3)12-15-10(13-7-2)14-11(16-12)17(4)5/h6-9H2,1-5H3,(H,13,14,15,16). The number of nitrogens with zero attached hydrogens (tertiary/aromatic N) is 5. The van der Waals surface area contributed by atoms with Crippen LogP contribution >= 0.6 is 0 Å². The van der Waals surface area contributed by atoms with E-state index in [-0.39, 0.29) is 0 Å². The normalized spacial score (nSPS) is 10.3. The summed E-state index contributed by atoms with van der Waals surface area (Å²) < 4.78 is 0. The molecule has 6 nitrogen and oxygen atoms in total. The number of rotatable bonds is 7. The molecule has 0 unspecified atom stereocenters. The molecule has 1 N–H and O–H groups in total. The Morgan fingerprint density at radius 3 is 2.17 bits per heavy atom. The molecule has 0 spiro atoms. The Bertz CT molecular complexity index is 366. The topological polar surface area (TPSA) is 57.2 Å². The van der Waals surface area contributed by atoms with E-state index in [4.69, 9.17) is 0 Å². The summed E-state index contributed by atoms with van der Waals surface area (Å²) >= 11 is 0. The minimum Gasteiger partial charge on any atom is -0.354 e. The summed E-state index contributed by atoms with van der Waals surface area (Å²) in [4.78, 5) is 17.4. The van der Waals surface area contributed by atoms with E-state index in [1.807, 2.05) is 25.9 Å². The Morgan fingerprint density at radius 1 is 1.00 bits per heavy atom. The van der Waals surface area contributed by atoms with Gasteiger partial charge in [0.2, 0.25) is 17.8 Å². The zero-order valence-corrected chi connectivity index (χ0v) is 12.1. The maximum Gasteiger partial charge on any atom is 0.231 e.